The number of nitrogens with one attached hydrogen (secondary N) is 1. The highest BCUT2D eigenvalue weighted by Crippen LogP contribution is 2.00. The zero-order valence-corrected chi connectivity index (χ0v) is 7.80. The third kappa shape index (κ3) is 2.51. The van der Waals surface area contributed by atoms with E-state index >= 15 is 0 Å². The van der Waals surface area contributed by atoms with Crippen molar-refractivity contribution in [1.29, 1.82) is 0 Å². The largest absolute Gasteiger partial charge is 0.368 e. The van der Waals surface area contributed by atoms with E-state index in [0.717, 1.165) is 0 Å². The minimum atomic E-state index is -0.672. The van der Waals surface area contributed by atoms with Gasteiger partial charge in [0.2, 0.25) is 5.91 Å². The van der Waals surface area contributed by atoms with Gasteiger partial charge in [0.25, 0.3) is 5.91 Å². The Morgan fingerprint density at radius 1 is 1.69 bits per heavy atom. The highest BCUT2D eigenvalue weighted by Gasteiger charge is 2.14. The molecule has 0 saturated heterocycles. The van der Waals surface area contributed by atoms with Crippen LogP contribution in [-0.2, 0) is 4.79 Å². The number of amides is 2. The fourth-order valence-electron chi connectivity index (χ4n) is 0.666. The lowest BCUT2D eigenvalue weighted by Crippen LogP contribution is -2.42. The molecule has 0 aliphatic heterocycles. The van der Waals surface area contributed by atoms with Gasteiger partial charge in [0.1, 0.15) is 11.7 Å². The van der Waals surface area contributed by atoms with Gasteiger partial charge in [-0.05, 0) is 6.92 Å². The van der Waals surface area contributed by atoms with Crippen molar-refractivity contribution in [2.45, 2.75) is 13.0 Å². The summed E-state index contributed by atoms with van der Waals surface area (Å²) in [6.45, 7) is 1.52. The van der Waals surface area contributed by atoms with Crippen LogP contribution in [0.3, 0.4) is 0 Å². The maximum absolute atomic E-state index is 11.2. The predicted molar refractivity (Wildman–Crippen MR) is 48.2 cm³/mol. The summed E-state index contributed by atoms with van der Waals surface area (Å²) >= 11 is 1.32. The van der Waals surface area contributed by atoms with Crippen LogP contribution in [0.4, 0.5) is 0 Å². The number of rotatable bonds is 3. The monoisotopic (exact) mass is 199 g/mol. The molecule has 0 fully saturated rings. The first kappa shape index (κ1) is 9.66. The van der Waals surface area contributed by atoms with E-state index in [1.165, 1.54) is 18.3 Å². The number of thiazole rings is 1. The number of nitrogens with zero attached hydrogens (tertiary/aromatic N) is 1. The predicted octanol–water partition coefficient (Wildman–Crippen LogP) is -0.253. The Labute approximate surface area is 79.0 Å². The minimum Gasteiger partial charge on any atom is -0.368 e. The van der Waals surface area contributed by atoms with Crippen molar-refractivity contribution in [3.63, 3.8) is 0 Å². The number of carbonyl (C=O) groups excluding carboxylic acids is 2. The Morgan fingerprint density at radius 2 is 2.38 bits per heavy atom. The van der Waals surface area contributed by atoms with Gasteiger partial charge in [0.15, 0.2) is 0 Å². The van der Waals surface area contributed by atoms with Crippen LogP contribution < -0.4 is 11.1 Å². The lowest BCUT2D eigenvalue weighted by molar-refractivity contribution is -0.119. The second kappa shape index (κ2) is 3.99. The van der Waals surface area contributed by atoms with Crippen LogP contribution in [0.2, 0.25) is 0 Å². The molecule has 0 bridgehead atoms. The van der Waals surface area contributed by atoms with Gasteiger partial charge in [-0.2, -0.15) is 0 Å². The molecule has 6 heteroatoms. The Hall–Kier alpha value is -1.43. The zero-order valence-electron chi connectivity index (χ0n) is 6.98. The van der Waals surface area contributed by atoms with Crippen molar-refractivity contribution in [3.8, 4) is 0 Å². The van der Waals surface area contributed by atoms with Crippen molar-refractivity contribution in [2.75, 3.05) is 0 Å². The smallest absolute Gasteiger partial charge is 0.271 e. The molecule has 1 unspecified atom stereocenters. The third-order valence-corrected chi connectivity index (χ3v) is 2.03. The van der Waals surface area contributed by atoms with Crippen LogP contribution in [0, 0.1) is 0 Å². The normalized spacial score (nSPS) is 12.1. The molecule has 70 valence electrons. The van der Waals surface area contributed by atoms with Gasteiger partial charge < -0.3 is 11.1 Å². The molecule has 0 aliphatic carbocycles. The summed E-state index contributed by atoms with van der Waals surface area (Å²) in [4.78, 5) is 25.6. The molecule has 0 aliphatic rings. The molecular formula is C7H9N3O2S. The number of hydrogen-bond donors (Lipinski definition) is 2. The highest BCUT2D eigenvalue weighted by atomic mass is 32.1. The quantitative estimate of drug-likeness (QED) is 0.703. The van der Waals surface area contributed by atoms with E-state index in [0.29, 0.717) is 5.69 Å². The molecule has 1 rings (SSSR count). The molecule has 1 heterocycles. The zero-order chi connectivity index (χ0) is 9.84. The van der Waals surface area contributed by atoms with Gasteiger partial charge in [-0.3, -0.25) is 9.59 Å². The van der Waals surface area contributed by atoms with Gasteiger partial charge in [-0.1, -0.05) is 0 Å². The Bertz CT molecular complexity index is 310. The second-order valence-electron chi connectivity index (χ2n) is 2.47. The lowest BCUT2D eigenvalue weighted by atomic mass is 10.3. The van der Waals surface area contributed by atoms with Crippen LogP contribution in [0.15, 0.2) is 10.9 Å². The molecule has 1 aromatic heterocycles. The molecule has 1 aromatic rings. The Balaban J connectivity index is 2.56. The standard InChI is InChI=1S/C7H9N3O2S/c1-4(6(8)11)10-7(12)5-2-13-3-9-5/h2-4H,1H3,(H2,8,11)(H,10,12). The van der Waals surface area contributed by atoms with Crippen LogP contribution >= 0.6 is 11.3 Å². The number of carbonyl (C=O) groups is 2. The van der Waals surface area contributed by atoms with Crippen LogP contribution in [0.5, 0.6) is 0 Å². The molecule has 0 saturated carbocycles. The summed E-state index contributed by atoms with van der Waals surface area (Å²) in [5.74, 6) is -0.948. The molecule has 0 spiro atoms. The molecule has 1 atom stereocenters. The Kier molecular flexibility index (Phi) is 2.97. The number of aromatic nitrogens is 1. The summed E-state index contributed by atoms with van der Waals surface area (Å²) in [5.41, 5.74) is 6.82. The topological polar surface area (TPSA) is 85.1 Å². The van der Waals surface area contributed by atoms with Crippen molar-refractivity contribution in [3.05, 3.63) is 16.6 Å². The van der Waals surface area contributed by atoms with Gasteiger partial charge in [-0.25, -0.2) is 4.98 Å². The average molecular weight is 199 g/mol. The molecule has 3 N–H and O–H groups in total. The molecular weight excluding hydrogens is 190 g/mol. The molecule has 2 amide bonds. The second-order valence-corrected chi connectivity index (χ2v) is 3.19. The van der Waals surface area contributed by atoms with E-state index in [4.69, 9.17) is 5.73 Å². The molecule has 13 heavy (non-hydrogen) atoms. The molecule has 5 nitrogen and oxygen atoms in total. The van der Waals surface area contributed by atoms with E-state index in [1.54, 1.807) is 10.9 Å². The fraction of sp³-hybridized carbons (Fsp3) is 0.286. The first-order valence-electron chi connectivity index (χ1n) is 3.59. The van der Waals surface area contributed by atoms with E-state index in [-0.39, 0.29) is 5.91 Å². The summed E-state index contributed by atoms with van der Waals surface area (Å²) in [6, 6.07) is -0.672. The molecule has 0 radical (unpaired) electrons. The van der Waals surface area contributed by atoms with Crippen LogP contribution in [-0.4, -0.2) is 22.8 Å². The van der Waals surface area contributed by atoms with Crippen molar-refractivity contribution in [2.24, 2.45) is 5.73 Å². The maximum Gasteiger partial charge on any atom is 0.271 e. The third-order valence-electron chi connectivity index (χ3n) is 1.44. The first-order valence-corrected chi connectivity index (χ1v) is 4.54. The Morgan fingerprint density at radius 3 is 2.85 bits per heavy atom. The number of nitrogens with two attached hydrogens (primary N) is 1. The molecule has 0 aromatic carbocycles. The van der Waals surface area contributed by atoms with E-state index in [9.17, 15) is 9.59 Å². The van der Waals surface area contributed by atoms with Gasteiger partial charge in [0.05, 0.1) is 5.51 Å². The summed E-state index contributed by atoms with van der Waals surface area (Å²) in [6.07, 6.45) is 0. The number of primary amides is 1. The van der Waals surface area contributed by atoms with E-state index in [2.05, 4.69) is 10.3 Å². The lowest BCUT2D eigenvalue weighted by Gasteiger charge is -2.07. The van der Waals surface area contributed by atoms with Crippen molar-refractivity contribution in [1.82, 2.24) is 10.3 Å². The average Bonchev–Trinajstić information content (AvgIpc) is 2.55. The van der Waals surface area contributed by atoms with Crippen molar-refractivity contribution >= 4 is 23.2 Å². The van der Waals surface area contributed by atoms with Gasteiger partial charge >= 0.3 is 0 Å². The van der Waals surface area contributed by atoms with Crippen molar-refractivity contribution < 1.29 is 9.59 Å². The van der Waals surface area contributed by atoms with Crippen LogP contribution in [0.25, 0.3) is 0 Å². The maximum atomic E-state index is 11.2. The fourth-order valence-corrected chi connectivity index (χ4v) is 1.20. The summed E-state index contributed by atoms with van der Waals surface area (Å²) in [7, 11) is 0. The van der Waals surface area contributed by atoms with E-state index < -0.39 is 11.9 Å². The minimum absolute atomic E-state index is 0.304. The van der Waals surface area contributed by atoms with Crippen LogP contribution in [0.1, 0.15) is 17.4 Å². The summed E-state index contributed by atoms with van der Waals surface area (Å²) in [5, 5.41) is 4.01. The first-order chi connectivity index (χ1) is 6.11. The van der Waals surface area contributed by atoms with Gasteiger partial charge in [0, 0.05) is 5.38 Å². The SMILES string of the molecule is CC(NC(=O)c1cscn1)C(N)=O. The van der Waals surface area contributed by atoms with E-state index in [1.807, 2.05) is 0 Å². The number of hydrogen-bond acceptors (Lipinski definition) is 4. The van der Waals surface area contributed by atoms with Gasteiger partial charge in [-0.15, -0.1) is 11.3 Å². The summed E-state index contributed by atoms with van der Waals surface area (Å²) < 4.78 is 0. The highest BCUT2D eigenvalue weighted by molar-refractivity contribution is 7.07.